The van der Waals surface area contributed by atoms with Crippen molar-refractivity contribution < 1.29 is 5.11 Å². The number of hydrogen-bond donors (Lipinski definition) is 2. The van der Waals surface area contributed by atoms with Crippen molar-refractivity contribution in [3.05, 3.63) is 0 Å². The Labute approximate surface area is 81.1 Å². The molecule has 78 valence electrons. The first kappa shape index (κ1) is 11.0. The maximum absolute atomic E-state index is 8.73. The SMILES string of the molecule is CN(CCCO)C1CCCNCC1. The highest BCUT2D eigenvalue weighted by Gasteiger charge is 2.15. The van der Waals surface area contributed by atoms with Crippen LogP contribution < -0.4 is 5.32 Å². The molecular weight excluding hydrogens is 164 g/mol. The molecule has 1 aliphatic heterocycles. The van der Waals surface area contributed by atoms with Gasteiger partial charge in [-0.1, -0.05) is 0 Å². The molecule has 0 radical (unpaired) electrons. The second-order valence-electron chi connectivity index (χ2n) is 3.89. The zero-order chi connectivity index (χ0) is 9.52. The zero-order valence-corrected chi connectivity index (χ0v) is 8.63. The molecule has 0 bridgehead atoms. The van der Waals surface area contributed by atoms with Crippen LogP contribution in [0.4, 0.5) is 0 Å². The van der Waals surface area contributed by atoms with Gasteiger partial charge in [-0.05, 0) is 45.8 Å². The molecule has 0 saturated carbocycles. The van der Waals surface area contributed by atoms with E-state index in [2.05, 4.69) is 17.3 Å². The summed E-state index contributed by atoms with van der Waals surface area (Å²) in [6.07, 6.45) is 4.74. The Balaban J connectivity index is 2.22. The van der Waals surface area contributed by atoms with Crippen LogP contribution in [0.3, 0.4) is 0 Å². The molecule has 0 spiro atoms. The van der Waals surface area contributed by atoms with Crippen LogP contribution >= 0.6 is 0 Å². The van der Waals surface area contributed by atoms with E-state index in [1.807, 2.05) is 0 Å². The fourth-order valence-electron chi connectivity index (χ4n) is 1.94. The van der Waals surface area contributed by atoms with E-state index in [0.717, 1.165) is 25.6 Å². The molecule has 0 aromatic heterocycles. The fourth-order valence-corrected chi connectivity index (χ4v) is 1.94. The van der Waals surface area contributed by atoms with E-state index in [1.165, 1.54) is 25.8 Å². The number of nitrogens with one attached hydrogen (secondary N) is 1. The molecule has 1 atom stereocenters. The van der Waals surface area contributed by atoms with Crippen LogP contribution in [0.15, 0.2) is 0 Å². The Morgan fingerprint density at radius 1 is 1.38 bits per heavy atom. The van der Waals surface area contributed by atoms with E-state index >= 15 is 0 Å². The quantitative estimate of drug-likeness (QED) is 0.669. The zero-order valence-electron chi connectivity index (χ0n) is 8.63. The highest BCUT2D eigenvalue weighted by atomic mass is 16.3. The number of rotatable bonds is 4. The summed E-state index contributed by atoms with van der Waals surface area (Å²) in [4.78, 5) is 2.39. The van der Waals surface area contributed by atoms with Crippen LogP contribution in [0, 0.1) is 0 Å². The molecule has 1 unspecified atom stereocenters. The number of nitrogens with zero attached hydrogens (tertiary/aromatic N) is 1. The van der Waals surface area contributed by atoms with Crippen molar-refractivity contribution >= 4 is 0 Å². The normalized spacial score (nSPS) is 24.7. The van der Waals surface area contributed by atoms with E-state index in [-0.39, 0.29) is 0 Å². The molecule has 0 aliphatic carbocycles. The molecule has 13 heavy (non-hydrogen) atoms. The third-order valence-electron chi connectivity index (χ3n) is 2.84. The Hall–Kier alpha value is -0.120. The molecule has 1 aliphatic rings. The van der Waals surface area contributed by atoms with E-state index in [4.69, 9.17) is 5.11 Å². The predicted molar refractivity (Wildman–Crippen MR) is 54.8 cm³/mol. The van der Waals surface area contributed by atoms with Gasteiger partial charge in [0.1, 0.15) is 0 Å². The van der Waals surface area contributed by atoms with Gasteiger partial charge in [-0.15, -0.1) is 0 Å². The first-order valence-corrected chi connectivity index (χ1v) is 5.36. The van der Waals surface area contributed by atoms with Crippen molar-refractivity contribution in [3.63, 3.8) is 0 Å². The standard InChI is InChI=1S/C10H22N2O/c1-12(8-3-9-13)10-4-2-6-11-7-5-10/h10-11,13H,2-9H2,1H3. The molecule has 1 heterocycles. The summed E-state index contributed by atoms with van der Waals surface area (Å²) < 4.78 is 0. The van der Waals surface area contributed by atoms with Crippen LogP contribution in [0.1, 0.15) is 25.7 Å². The van der Waals surface area contributed by atoms with E-state index < -0.39 is 0 Å². The van der Waals surface area contributed by atoms with Crippen molar-refractivity contribution in [3.8, 4) is 0 Å². The first-order valence-electron chi connectivity index (χ1n) is 5.36. The molecule has 0 amide bonds. The summed E-state index contributed by atoms with van der Waals surface area (Å²) in [6, 6.07) is 0.724. The Morgan fingerprint density at radius 2 is 2.23 bits per heavy atom. The molecule has 0 aromatic rings. The fraction of sp³-hybridized carbons (Fsp3) is 1.00. The summed E-state index contributed by atoms with van der Waals surface area (Å²) in [5.74, 6) is 0. The van der Waals surface area contributed by atoms with E-state index in [9.17, 15) is 0 Å². The van der Waals surface area contributed by atoms with Gasteiger partial charge in [0.05, 0.1) is 0 Å². The third-order valence-corrected chi connectivity index (χ3v) is 2.84. The minimum atomic E-state index is 0.315. The molecule has 3 heteroatoms. The van der Waals surface area contributed by atoms with Crippen molar-refractivity contribution in [2.24, 2.45) is 0 Å². The van der Waals surface area contributed by atoms with Gasteiger partial charge in [-0.2, -0.15) is 0 Å². The second kappa shape index (κ2) is 6.35. The van der Waals surface area contributed by atoms with Crippen LogP contribution in [-0.4, -0.2) is 49.3 Å². The largest absolute Gasteiger partial charge is 0.396 e. The lowest BCUT2D eigenvalue weighted by Gasteiger charge is -2.26. The summed E-state index contributed by atoms with van der Waals surface area (Å²) >= 11 is 0. The van der Waals surface area contributed by atoms with Gasteiger partial charge >= 0.3 is 0 Å². The topological polar surface area (TPSA) is 35.5 Å². The molecule has 3 nitrogen and oxygen atoms in total. The Bertz CT molecular complexity index is 122. The van der Waals surface area contributed by atoms with Gasteiger partial charge in [-0.3, -0.25) is 0 Å². The van der Waals surface area contributed by atoms with Gasteiger partial charge in [0.2, 0.25) is 0 Å². The van der Waals surface area contributed by atoms with Crippen LogP contribution in [-0.2, 0) is 0 Å². The molecule has 1 fully saturated rings. The molecular formula is C10H22N2O. The summed E-state index contributed by atoms with van der Waals surface area (Å²) in [5, 5.41) is 12.1. The maximum atomic E-state index is 8.73. The number of hydrogen-bond acceptors (Lipinski definition) is 3. The van der Waals surface area contributed by atoms with Crippen LogP contribution in [0.5, 0.6) is 0 Å². The molecule has 1 rings (SSSR count). The highest BCUT2D eigenvalue weighted by Crippen LogP contribution is 2.11. The van der Waals surface area contributed by atoms with E-state index in [1.54, 1.807) is 0 Å². The number of aliphatic hydroxyl groups excluding tert-OH is 1. The van der Waals surface area contributed by atoms with Crippen molar-refractivity contribution in [2.75, 3.05) is 33.3 Å². The summed E-state index contributed by atoms with van der Waals surface area (Å²) in [6.45, 7) is 3.66. The number of aliphatic hydroxyl groups is 1. The minimum Gasteiger partial charge on any atom is -0.396 e. The van der Waals surface area contributed by atoms with Crippen molar-refractivity contribution in [1.82, 2.24) is 10.2 Å². The lowest BCUT2D eigenvalue weighted by Crippen LogP contribution is -2.33. The van der Waals surface area contributed by atoms with E-state index in [0.29, 0.717) is 6.61 Å². The molecule has 1 saturated heterocycles. The first-order chi connectivity index (χ1) is 6.34. The summed E-state index contributed by atoms with van der Waals surface area (Å²) in [7, 11) is 2.17. The smallest absolute Gasteiger partial charge is 0.0443 e. The summed E-state index contributed by atoms with van der Waals surface area (Å²) in [5.41, 5.74) is 0. The lowest BCUT2D eigenvalue weighted by molar-refractivity contribution is 0.195. The van der Waals surface area contributed by atoms with Gasteiger partial charge in [0, 0.05) is 19.2 Å². The van der Waals surface area contributed by atoms with Crippen molar-refractivity contribution in [1.29, 1.82) is 0 Å². The second-order valence-corrected chi connectivity index (χ2v) is 3.89. The Morgan fingerprint density at radius 3 is 3.00 bits per heavy atom. The third kappa shape index (κ3) is 4.07. The Kier molecular flexibility index (Phi) is 5.35. The lowest BCUT2D eigenvalue weighted by atomic mass is 10.1. The highest BCUT2D eigenvalue weighted by molar-refractivity contribution is 4.73. The van der Waals surface area contributed by atoms with Crippen LogP contribution in [0.2, 0.25) is 0 Å². The minimum absolute atomic E-state index is 0.315. The molecule has 0 aromatic carbocycles. The van der Waals surface area contributed by atoms with Crippen LogP contribution in [0.25, 0.3) is 0 Å². The monoisotopic (exact) mass is 186 g/mol. The predicted octanol–water partition coefficient (Wildman–Crippen LogP) is 0.443. The van der Waals surface area contributed by atoms with Crippen molar-refractivity contribution in [2.45, 2.75) is 31.7 Å². The van der Waals surface area contributed by atoms with Gasteiger partial charge in [-0.25, -0.2) is 0 Å². The van der Waals surface area contributed by atoms with Gasteiger partial charge in [0.25, 0.3) is 0 Å². The van der Waals surface area contributed by atoms with Gasteiger partial charge < -0.3 is 15.3 Å². The average Bonchev–Trinajstić information content (AvgIpc) is 2.42. The maximum Gasteiger partial charge on any atom is 0.0443 e. The van der Waals surface area contributed by atoms with Gasteiger partial charge in [0.15, 0.2) is 0 Å². The molecule has 2 N–H and O–H groups in total. The average molecular weight is 186 g/mol.